The average molecular weight is 285 g/mol. The minimum atomic E-state index is 0.367. The summed E-state index contributed by atoms with van der Waals surface area (Å²) >= 11 is 1.98. The number of benzene rings is 1. The Labute approximate surface area is 126 Å². The molecule has 0 amide bonds. The number of nitrogens with one attached hydrogen (secondary N) is 1. The second-order valence-corrected chi connectivity index (χ2v) is 7.04. The van der Waals surface area contributed by atoms with Crippen LogP contribution in [0.5, 0.6) is 0 Å². The van der Waals surface area contributed by atoms with E-state index in [9.17, 15) is 0 Å². The van der Waals surface area contributed by atoms with Crippen LogP contribution in [0.4, 0.5) is 0 Å². The maximum Gasteiger partial charge on any atom is 0.0209 e. The van der Waals surface area contributed by atoms with Gasteiger partial charge in [0.1, 0.15) is 0 Å². The average Bonchev–Trinajstić information content (AvgIpc) is 3.19. The summed E-state index contributed by atoms with van der Waals surface area (Å²) in [5.41, 5.74) is 1.87. The van der Waals surface area contributed by atoms with Gasteiger partial charge in [0.25, 0.3) is 0 Å². The zero-order chi connectivity index (χ0) is 14.0. The molecule has 1 aromatic carbocycles. The second-order valence-electron chi connectivity index (χ2n) is 5.79. The fraction of sp³-hybridized carbons (Fsp3) is 0.444. The largest absolute Gasteiger partial charge is 0.316 e. The third kappa shape index (κ3) is 2.55. The van der Waals surface area contributed by atoms with E-state index in [2.05, 4.69) is 61.8 Å². The molecule has 1 saturated carbocycles. The smallest absolute Gasteiger partial charge is 0.0209 e. The zero-order valence-corrected chi connectivity index (χ0v) is 13.2. The number of hydrogen-bond acceptors (Lipinski definition) is 2. The van der Waals surface area contributed by atoms with Gasteiger partial charge in [-0.3, -0.25) is 0 Å². The van der Waals surface area contributed by atoms with E-state index in [1.54, 1.807) is 0 Å². The Morgan fingerprint density at radius 3 is 2.35 bits per heavy atom. The molecule has 1 fully saturated rings. The Morgan fingerprint density at radius 2 is 1.80 bits per heavy atom. The highest BCUT2D eigenvalue weighted by Gasteiger charge is 2.49. The molecule has 2 aromatic rings. The summed E-state index contributed by atoms with van der Waals surface area (Å²) in [5, 5.41) is 3.59. The molecule has 2 heteroatoms. The Bertz CT molecular complexity index is 554. The van der Waals surface area contributed by atoms with Gasteiger partial charge < -0.3 is 5.32 Å². The highest BCUT2D eigenvalue weighted by Crippen LogP contribution is 2.51. The Kier molecular flexibility index (Phi) is 3.95. The second kappa shape index (κ2) is 5.71. The van der Waals surface area contributed by atoms with Gasteiger partial charge in [0.2, 0.25) is 0 Å². The van der Waals surface area contributed by atoms with E-state index in [1.165, 1.54) is 28.2 Å². The minimum Gasteiger partial charge on any atom is -0.316 e. The molecule has 3 rings (SSSR count). The molecule has 1 atom stereocenters. The number of thiophene rings is 1. The fourth-order valence-corrected chi connectivity index (χ4v) is 4.24. The third-order valence-corrected chi connectivity index (χ3v) is 5.88. The predicted molar refractivity (Wildman–Crippen MR) is 87.6 cm³/mol. The lowest BCUT2D eigenvalue weighted by Gasteiger charge is -2.27. The number of hydrogen-bond donors (Lipinski definition) is 1. The first-order valence-corrected chi connectivity index (χ1v) is 8.40. The van der Waals surface area contributed by atoms with Crippen LogP contribution in [0, 0.1) is 0 Å². The summed E-state index contributed by atoms with van der Waals surface area (Å²) in [4.78, 5) is 3.02. The first kappa shape index (κ1) is 13.8. The van der Waals surface area contributed by atoms with Gasteiger partial charge in [-0.1, -0.05) is 37.3 Å². The lowest BCUT2D eigenvalue weighted by molar-refractivity contribution is 0.445. The third-order valence-electron chi connectivity index (χ3n) is 4.62. The van der Waals surface area contributed by atoms with Gasteiger partial charge in [-0.05, 0) is 50.4 Å². The zero-order valence-electron chi connectivity index (χ0n) is 12.4. The summed E-state index contributed by atoms with van der Waals surface area (Å²) in [6, 6.07) is 16.2. The van der Waals surface area contributed by atoms with E-state index >= 15 is 0 Å². The molecule has 1 heterocycles. The van der Waals surface area contributed by atoms with Crippen molar-refractivity contribution in [3.63, 3.8) is 0 Å². The summed E-state index contributed by atoms with van der Waals surface area (Å²) in [6.45, 7) is 2.23. The number of aryl methyl sites for hydroxylation is 1. The lowest BCUT2D eigenvalue weighted by Crippen LogP contribution is -2.39. The van der Waals surface area contributed by atoms with Crippen LogP contribution in [0.25, 0.3) is 0 Å². The molecule has 0 radical (unpaired) electrons. The fourth-order valence-electron chi connectivity index (χ4n) is 3.24. The molecule has 1 aromatic heterocycles. The van der Waals surface area contributed by atoms with Crippen molar-refractivity contribution in [1.82, 2.24) is 5.32 Å². The van der Waals surface area contributed by atoms with Crippen LogP contribution in [0.2, 0.25) is 0 Å². The van der Waals surface area contributed by atoms with E-state index in [4.69, 9.17) is 0 Å². The van der Waals surface area contributed by atoms with Gasteiger partial charge in [0.15, 0.2) is 0 Å². The van der Waals surface area contributed by atoms with E-state index in [1.807, 2.05) is 11.3 Å². The maximum atomic E-state index is 3.59. The van der Waals surface area contributed by atoms with E-state index < -0.39 is 0 Å². The predicted octanol–water partition coefficient (Wildman–Crippen LogP) is 4.17. The van der Waals surface area contributed by atoms with Gasteiger partial charge in [0.05, 0.1) is 0 Å². The maximum absolute atomic E-state index is 3.59. The molecule has 1 aliphatic rings. The molecule has 1 N–H and O–H groups in total. The molecule has 1 aliphatic carbocycles. The lowest BCUT2D eigenvalue weighted by atomic mass is 9.86. The number of likely N-dealkylation sites (N-methyl/N-ethyl adjacent to an activating group) is 1. The summed E-state index contributed by atoms with van der Waals surface area (Å²) < 4.78 is 0. The monoisotopic (exact) mass is 285 g/mol. The van der Waals surface area contributed by atoms with Gasteiger partial charge >= 0.3 is 0 Å². The van der Waals surface area contributed by atoms with Crippen molar-refractivity contribution in [3.05, 3.63) is 57.8 Å². The standard InChI is InChI=1S/C18H23NS/c1-3-15-9-10-16(20-15)13-17(19-2)18(11-12-18)14-7-5-4-6-8-14/h4-10,17,19H,3,11-13H2,1-2H3. The first-order valence-electron chi connectivity index (χ1n) is 7.59. The normalized spacial score (nSPS) is 17.9. The molecule has 0 aliphatic heterocycles. The Morgan fingerprint density at radius 1 is 1.10 bits per heavy atom. The van der Waals surface area contributed by atoms with Crippen LogP contribution in [0.3, 0.4) is 0 Å². The summed E-state index contributed by atoms with van der Waals surface area (Å²) in [7, 11) is 2.11. The van der Waals surface area contributed by atoms with Crippen LogP contribution < -0.4 is 5.32 Å². The molecular weight excluding hydrogens is 262 g/mol. The van der Waals surface area contributed by atoms with E-state index in [0.717, 1.165) is 12.8 Å². The van der Waals surface area contributed by atoms with Crippen LogP contribution in [0.15, 0.2) is 42.5 Å². The van der Waals surface area contributed by atoms with Crippen molar-refractivity contribution in [3.8, 4) is 0 Å². The van der Waals surface area contributed by atoms with Crippen molar-refractivity contribution in [2.24, 2.45) is 0 Å². The molecule has 106 valence electrons. The topological polar surface area (TPSA) is 12.0 Å². The van der Waals surface area contributed by atoms with Crippen molar-refractivity contribution in [2.75, 3.05) is 7.05 Å². The summed E-state index contributed by atoms with van der Waals surface area (Å²) in [6.07, 6.45) is 4.93. The van der Waals surface area contributed by atoms with Crippen molar-refractivity contribution in [1.29, 1.82) is 0 Å². The van der Waals surface area contributed by atoms with Gasteiger partial charge in [0, 0.05) is 21.2 Å². The van der Waals surface area contributed by atoms with Crippen molar-refractivity contribution < 1.29 is 0 Å². The molecule has 0 spiro atoms. The first-order chi connectivity index (χ1) is 9.78. The van der Waals surface area contributed by atoms with E-state index in [0.29, 0.717) is 11.5 Å². The minimum absolute atomic E-state index is 0.367. The Hall–Kier alpha value is -1.12. The van der Waals surface area contributed by atoms with Crippen LogP contribution in [-0.4, -0.2) is 13.1 Å². The van der Waals surface area contributed by atoms with Crippen molar-refractivity contribution in [2.45, 2.75) is 44.1 Å². The van der Waals surface area contributed by atoms with Gasteiger partial charge in [-0.15, -0.1) is 11.3 Å². The van der Waals surface area contributed by atoms with E-state index in [-0.39, 0.29) is 0 Å². The van der Waals surface area contributed by atoms with Crippen LogP contribution in [0.1, 0.15) is 35.1 Å². The molecular formula is C18H23NS. The molecule has 0 bridgehead atoms. The highest BCUT2D eigenvalue weighted by atomic mass is 32.1. The van der Waals surface area contributed by atoms with Gasteiger partial charge in [-0.2, -0.15) is 0 Å². The molecule has 1 nitrogen and oxygen atoms in total. The van der Waals surface area contributed by atoms with Gasteiger partial charge in [-0.25, -0.2) is 0 Å². The number of rotatable bonds is 6. The molecule has 20 heavy (non-hydrogen) atoms. The molecule has 1 unspecified atom stereocenters. The van der Waals surface area contributed by atoms with Crippen molar-refractivity contribution >= 4 is 11.3 Å². The Balaban J connectivity index is 1.80. The quantitative estimate of drug-likeness (QED) is 0.840. The van der Waals surface area contributed by atoms with Crippen LogP contribution in [-0.2, 0) is 18.3 Å². The SMILES string of the molecule is CCc1ccc(CC(NC)C2(c3ccccc3)CC2)s1. The summed E-state index contributed by atoms with van der Waals surface area (Å²) in [5.74, 6) is 0. The molecule has 0 saturated heterocycles. The highest BCUT2D eigenvalue weighted by molar-refractivity contribution is 7.11. The van der Waals surface area contributed by atoms with Crippen LogP contribution >= 0.6 is 11.3 Å².